The number of nitrogens with one attached hydrogen (secondary N) is 2. The molecule has 0 radical (unpaired) electrons. The minimum absolute atomic E-state index is 0.126. The highest BCUT2D eigenvalue weighted by Gasteiger charge is 1.86. The van der Waals surface area contributed by atoms with Gasteiger partial charge < -0.3 is 10.1 Å². The van der Waals surface area contributed by atoms with E-state index in [9.17, 15) is 4.79 Å². The fraction of sp³-hybridized carbons (Fsp3) is 0.286. The van der Waals surface area contributed by atoms with Crippen LogP contribution in [-0.2, 0) is 4.79 Å². The van der Waals surface area contributed by atoms with Crippen LogP contribution >= 0.6 is 12.2 Å². The summed E-state index contributed by atoms with van der Waals surface area (Å²) in [6.45, 7) is 2.80. The molecule has 0 aliphatic carbocycles. The molecule has 0 amide bonds. The molecule has 0 bridgehead atoms. The van der Waals surface area contributed by atoms with Crippen LogP contribution in [0, 0.1) is 11.7 Å². The standard InChI is InChI=1S/C5H6N2OS.C2H4O2/c1-3-2-6-5(9)7-4(3)8;1-2(3)4/h2H,1H3,(H2,6,7,8,9);1H3,(H,3,4). The van der Waals surface area contributed by atoms with Crippen molar-refractivity contribution < 1.29 is 9.90 Å². The van der Waals surface area contributed by atoms with Gasteiger partial charge in [-0.05, 0) is 19.1 Å². The smallest absolute Gasteiger partial charge is 0.300 e. The van der Waals surface area contributed by atoms with E-state index in [2.05, 4.69) is 22.2 Å². The molecule has 5 nitrogen and oxygen atoms in total. The monoisotopic (exact) mass is 202 g/mol. The summed E-state index contributed by atoms with van der Waals surface area (Å²) >= 11 is 4.65. The summed E-state index contributed by atoms with van der Waals surface area (Å²) in [5.74, 6) is -0.833. The average molecular weight is 202 g/mol. The number of carboxylic acids is 1. The van der Waals surface area contributed by atoms with Crippen molar-refractivity contribution in [2.45, 2.75) is 13.8 Å². The second-order valence-electron chi connectivity index (χ2n) is 2.27. The van der Waals surface area contributed by atoms with E-state index in [0.29, 0.717) is 10.3 Å². The maximum Gasteiger partial charge on any atom is 0.300 e. The zero-order chi connectivity index (χ0) is 10.4. The first-order valence-electron chi connectivity index (χ1n) is 3.41. The Bertz CT molecular complexity index is 389. The van der Waals surface area contributed by atoms with Crippen LogP contribution in [0.25, 0.3) is 0 Å². The van der Waals surface area contributed by atoms with Crippen molar-refractivity contribution in [1.82, 2.24) is 9.97 Å². The molecule has 1 aromatic rings. The second kappa shape index (κ2) is 5.26. The molecule has 1 rings (SSSR count). The number of aryl methyl sites for hydroxylation is 1. The number of aromatic amines is 2. The molecular weight excluding hydrogens is 192 g/mol. The summed E-state index contributed by atoms with van der Waals surface area (Å²) in [7, 11) is 0. The van der Waals surface area contributed by atoms with Crippen molar-refractivity contribution >= 4 is 18.2 Å². The van der Waals surface area contributed by atoms with Gasteiger partial charge in [0, 0.05) is 18.7 Å². The van der Waals surface area contributed by atoms with E-state index in [1.54, 1.807) is 13.1 Å². The van der Waals surface area contributed by atoms with Crippen molar-refractivity contribution in [3.05, 3.63) is 26.9 Å². The normalized spacial score (nSPS) is 8.46. The number of H-pyrrole nitrogens is 2. The van der Waals surface area contributed by atoms with Gasteiger partial charge in [0.1, 0.15) is 0 Å². The third-order valence-corrected chi connectivity index (χ3v) is 1.22. The molecule has 0 unspecified atom stereocenters. The molecule has 0 aromatic carbocycles. The molecule has 1 heterocycles. The lowest BCUT2D eigenvalue weighted by molar-refractivity contribution is -0.134. The lowest BCUT2D eigenvalue weighted by Crippen LogP contribution is -2.09. The minimum atomic E-state index is -0.833. The summed E-state index contributed by atoms with van der Waals surface area (Å²) in [6.07, 6.45) is 1.58. The predicted molar refractivity (Wildman–Crippen MR) is 50.3 cm³/mol. The SMILES string of the molecule is CC(=O)O.Cc1c[nH]c(=S)[nH]c1=O. The summed E-state index contributed by atoms with van der Waals surface area (Å²) in [6, 6.07) is 0. The van der Waals surface area contributed by atoms with E-state index in [-0.39, 0.29) is 5.56 Å². The van der Waals surface area contributed by atoms with E-state index in [0.717, 1.165) is 6.92 Å². The Kier molecular flexibility index (Phi) is 4.68. The van der Waals surface area contributed by atoms with Gasteiger partial charge in [-0.1, -0.05) is 0 Å². The fourth-order valence-electron chi connectivity index (χ4n) is 0.477. The molecule has 0 aliphatic rings. The maximum absolute atomic E-state index is 10.7. The van der Waals surface area contributed by atoms with Gasteiger partial charge in [0.2, 0.25) is 0 Å². The van der Waals surface area contributed by atoms with Crippen LogP contribution in [0.3, 0.4) is 0 Å². The Morgan fingerprint density at radius 2 is 2.08 bits per heavy atom. The molecule has 0 aliphatic heterocycles. The highest BCUT2D eigenvalue weighted by molar-refractivity contribution is 7.71. The van der Waals surface area contributed by atoms with Crippen LogP contribution in [0.5, 0.6) is 0 Å². The summed E-state index contributed by atoms with van der Waals surface area (Å²) in [5.41, 5.74) is 0.516. The van der Waals surface area contributed by atoms with Gasteiger partial charge in [-0.3, -0.25) is 14.6 Å². The highest BCUT2D eigenvalue weighted by atomic mass is 32.1. The Hall–Kier alpha value is -1.43. The summed E-state index contributed by atoms with van der Waals surface area (Å²) in [4.78, 5) is 24.8. The van der Waals surface area contributed by atoms with Crippen LogP contribution in [0.15, 0.2) is 11.0 Å². The molecule has 13 heavy (non-hydrogen) atoms. The van der Waals surface area contributed by atoms with E-state index in [1.165, 1.54) is 0 Å². The molecule has 0 spiro atoms. The molecule has 0 fully saturated rings. The van der Waals surface area contributed by atoms with Crippen LogP contribution in [-0.4, -0.2) is 21.0 Å². The lowest BCUT2D eigenvalue weighted by Gasteiger charge is -1.86. The van der Waals surface area contributed by atoms with E-state index in [1.807, 2.05) is 0 Å². The zero-order valence-corrected chi connectivity index (χ0v) is 8.07. The van der Waals surface area contributed by atoms with Crippen LogP contribution in [0.2, 0.25) is 0 Å². The van der Waals surface area contributed by atoms with Crippen molar-refractivity contribution in [3.8, 4) is 0 Å². The van der Waals surface area contributed by atoms with Crippen molar-refractivity contribution in [2.75, 3.05) is 0 Å². The van der Waals surface area contributed by atoms with E-state index >= 15 is 0 Å². The van der Waals surface area contributed by atoms with Gasteiger partial charge in [-0.25, -0.2) is 0 Å². The molecule has 0 saturated heterocycles. The average Bonchev–Trinajstić information content (AvgIpc) is 1.96. The number of hydrogen-bond acceptors (Lipinski definition) is 3. The third kappa shape index (κ3) is 5.80. The van der Waals surface area contributed by atoms with Crippen LogP contribution < -0.4 is 5.56 Å². The second-order valence-corrected chi connectivity index (χ2v) is 2.68. The highest BCUT2D eigenvalue weighted by Crippen LogP contribution is 1.79. The molecule has 0 saturated carbocycles. The molecular formula is C7H10N2O3S. The number of hydrogen-bond donors (Lipinski definition) is 3. The van der Waals surface area contributed by atoms with Crippen molar-refractivity contribution in [3.63, 3.8) is 0 Å². The molecule has 3 N–H and O–H groups in total. The van der Waals surface area contributed by atoms with Crippen LogP contribution in [0.1, 0.15) is 12.5 Å². The molecule has 6 heteroatoms. The first-order chi connectivity index (χ1) is 5.93. The Morgan fingerprint density at radius 3 is 2.38 bits per heavy atom. The number of rotatable bonds is 0. The number of aromatic nitrogens is 2. The van der Waals surface area contributed by atoms with E-state index < -0.39 is 5.97 Å². The minimum Gasteiger partial charge on any atom is -0.481 e. The molecule has 72 valence electrons. The fourth-order valence-corrected chi connectivity index (χ4v) is 0.629. The van der Waals surface area contributed by atoms with Gasteiger partial charge in [-0.2, -0.15) is 0 Å². The topological polar surface area (TPSA) is 85.9 Å². The Labute approximate surface area is 79.4 Å². The summed E-state index contributed by atoms with van der Waals surface area (Å²) < 4.78 is 0.366. The first-order valence-corrected chi connectivity index (χ1v) is 3.82. The largest absolute Gasteiger partial charge is 0.481 e. The number of carboxylic acid groups (broad SMARTS) is 1. The zero-order valence-electron chi connectivity index (χ0n) is 7.25. The Morgan fingerprint density at radius 1 is 1.62 bits per heavy atom. The van der Waals surface area contributed by atoms with Crippen molar-refractivity contribution in [1.29, 1.82) is 0 Å². The maximum atomic E-state index is 10.7. The van der Waals surface area contributed by atoms with Gasteiger partial charge in [0.05, 0.1) is 0 Å². The quantitative estimate of drug-likeness (QED) is 0.544. The lowest BCUT2D eigenvalue weighted by atomic mass is 10.4. The van der Waals surface area contributed by atoms with Gasteiger partial charge >= 0.3 is 0 Å². The third-order valence-electron chi connectivity index (χ3n) is 1.00. The first kappa shape index (κ1) is 11.6. The number of aliphatic carboxylic acids is 1. The van der Waals surface area contributed by atoms with Crippen LogP contribution in [0.4, 0.5) is 0 Å². The van der Waals surface area contributed by atoms with Gasteiger partial charge in [-0.15, -0.1) is 0 Å². The number of carbonyl (C=O) groups is 1. The van der Waals surface area contributed by atoms with E-state index in [4.69, 9.17) is 9.90 Å². The molecule has 1 aromatic heterocycles. The van der Waals surface area contributed by atoms with Gasteiger partial charge in [0.15, 0.2) is 4.77 Å². The summed E-state index contributed by atoms with van der Waals surface area (Å²) in [5, 5.41) is 7.42. The predicted octanol–water partition coefficient (Wildman–Crippen LogP) is 0.832. The molecule has 0 atom stereocenters. The Balaban J connectivity index is 0.000000310. The van der Waals surface area contributed by atoms with Crippen molar-refractivity contribution in [2.24, 2.45) is 0 Å². The van der Waals surface area contributed by atoms with Gasteiger partial charge in [0.25, 0.3) is 11.5 Å².